The van der Waals surface area contributed by atoms with Crippen molar-refractivity contribution in [2.45, 2.75) is 31.8 Å². The fourth-order valence-electron chi connectivity index (χ4n) is 2.59. The third kappa shape index (κ3) is 3.44. The van der Waals surface area contributed by atoms with E-state index >= 15 is 0 Å². The van der Waals surface area contributed by atoms with Gasteiger partial charge in [0.1, 0.15) is 0 Å². The largest absolute Gasteiger partial charge is 0.494 e. The maximum atomic E-state index is 13.4. The molecule has 1 aliphatic heterocycles. The number of hydrogen-bond acceptors (Lipinski definition) is 3. The van der Waals surface area contributed by atoms with Crippen LogP contribution in [-0.2, 0) is 0 Å². The van der Waals surface area contributed by atoms with Gasteiger partial charge in [0.15, 0.2) is 11.6 Å². The lowest BCUT2D eigenvalue weighted by Gasteiger charge is -2.25. The van der Waals surface area contributed by atoms with Crippen molar-refractivity contribution in [1.82, 2.24) is 10.2 Å². The number of nitrogens with zero attached hydrogens (tertiary/aromatic N) is 1. The second kappa shape index (κ2) is 6.76. The Morgan fingerprint density at radius 2 is 2.38 bits per heavy atom. The highest BCUT2D eigenvalue weighted by atomic mass is 19.1. The molecule has 21 heavy (non-hydrogen) atoms. The first-order valence-corrected chi connectivity index (χ1v) is 7.08. The Hall–Kier alpha value is -1.82. The van der Waals surface area contributed by atoms with E-state index in [0.717, 1.165) is 18.4 Å². The minimum Gasteiger partial charge on any atom is -0.494 e. The Labute approximate surface area is 123 Å². The SMILES string of the molecule is COc1cc(C(C)NC(=O)N2CCCC2CO)ccc1F. The number of urea groups is 1. The van der Waals surface area contributed by atoms with Crippen molar-refractivity contribution < 1.29 is 19.0 Å². The van der Waals surface area contributed by atoms with E-state index in [1.165, 1.54) is 13.2 Å². The molecule has 2 unspecified atom stereocenters. The van der Waals surface area contributed by atoms with Crippen molar-refractivity contribution in [2.75, 3.05) is 20.3 Å². The first kappa shape index (κ1) is 15.6. The van der Waals surface area contributed by atoms with Gasteiger partial charge in [-0.15, -0.1) is 0 Å². The number of aliphatic hydroxyl groups excluding tert-OH is 1. The van der Waals surface area contributed by atoms with Gasteiger partial charge in [-0.3, -0.25) is 0 Å². The van der Waals surface area contributed by atoms with E-state index < -0.39 is 5.82 Å². The number of likely N-dealkylation sites (tertiary alicyclic amines) is 1. The summed E-state index contributed by atoms with van der Waals surface area (Å²) >= 11 is 0. The summed E-state index contributed by atoms with van der Waals surface area (Å²) in [4.78, 5) is 13.9. The lowest BCUT2D eigenvalue weighted by Crippen LogP contribution is -2.44. The fraction of sp³-hybridized carbons (Fsp3) is 0.533. The van der Waals surface area contributed by atoms with Gasteiger partial charge in [0.05, 0.1) is 25.8 Å². The zero-order valence-corrected chi connectivity index (χ0v) is 12.3. The van der Waals surface area contributed by atoms with Crippen molar-refractivity contribution >= 4 is 6.03 Å². The average Bonchev–Trinajstić information content (AvgIpc) is 2.96. The molecule has 1 aromatic carbocycles. The molecule has 0 spiro atoms. The number of amides is 2. The second-order valence-corrected chi connectivity index (χ2v) is 5.24. The summed E-state index contributed by atoms with van der Waals surface area (Å²) in [6.07, 6.45) is 1.72. The summed E-state index contributed by atoms with van der Waals surface area (Å²) in [5.41, 5.74) is 0.765. The van der Waals surface area contributed by atoms with Gasteiger partial charge in [-0.2, -0.15) is 0 Å². The van der Waals surface area contributed by atoms with Crippen LogP contribution in [0.1, 0.15) is 31.4 Å². The predicted molar refractivity (Wildman–Crippen MR) is 76.7 cm³/mol. The van der Waals surface area contributed by atoms with Crippen LogP contribution in [0.3, 0.4) is 0 Å². The summed E-state index contributed by atoms with van der Waals surface area (Å²) in [6, 6.07) is 3.93. The van der Waals surface area contributed by atoms with Crippen LogP contribution in [0.4, 0.5) is 9.18 Å². The third-order valence-electron chi connectivity index (χ3n) is 3.86. The third-order valence-corrected chi connectivity index (χ3v) is 3.86. The molecule has 2 amide bonds. The Bertz CT molecular complexity index is 510. The molecule has 116 valence electrons. The van der Waals surface area contributed by atoms with E-state index in [2.05, 4.69) is 5.32 Å². The van der Waals surface area contributed by atoms with Crippen molar-refractivity contribution in [1.29, 1.82) is 0 Å². The molecule has 1 saturated heterocycles. The maximum Gasteiger partial charge on any atom is 0.318 e. The number of carbonyl (C=O) groups is 1. The van der Waals surface area contributed by atoms with Crippen molar-refractivity contribution in [3.8, 4) is 5.75 Å². The van der Waals surface area contributed by atoms with Crippen LogP contribution in [0.5, 0.6) is 5.75 Å². The zero-order valence-electron chi connectivity index (χ0n) is 12.3. The van der Waals surface area contributed by atoms with Crippen LogP contribution < -0.4 is 10.1 Å². The average molecular weight is 296 g/mol. The van der Waals surface area contributed by atoms with Crippen molar-refractivity contribution in [3.05, 3.63) is 29.6 Å². The van der Waals surface area contributed by atoms with Crippen LogP contribution in [0.15, 0.2) is 18.2 Å². The molecule has 1 aromatic rings. The predicted octanol–water partition coefficient (Wildman–Crippen LogP) is 2.06. The topological polar surface area (TPSA) is 61.8 Å². The van der Waals surface area contributed by atoms with Crippen LogP contribution in [-0.4, -0.2) is 42.3 Å². The van der Waals surface area contributed by atoms with Crippen molar-refractivity contribution in [3.63, 3.8) is 0 Å². The molecule has 5 nitrogen and oxygen atoms in total. The van der Waals surface area contributed by atoms with E-state index in [4.69, 9.17) is 4.74 Å². The standard InChI is InChI=1S/C15H21FN2O3/c1-10(11-5-6-13(16)14(8-11)21-2)17-15(20)18-7-3-4-12(18)9-19/h5-6,8,10,12,19H,3-4,7,9H2,1-2H3,(H,17,20). The molecule has 0 saturated carbocycles. The number of ether oxygens (including phenoxy) is 1. The van der Waals surface area contributed by atoms with Gasteiger partial charge < -0.3 is 20.1 Å². The lowest BCUT2D eigenvalue weighted by molar-refractivity contribution is 0.155. The summed E-state index contributed by atoms with van der Waals surface area (Å²) in [6.45, 7) is 2.46. The van der Waals surface area contributed by atoms with Crippen LogP contribution in [0, 0.1) is 5.82 Å². The molecule has 0 bridgehead atoms. The summed E-state index contributed by atoms with van der Waals surface area (Å²) < 4.78 is 18.3. The first-order valence-electron chi connectivity index (χ1n) is 7.08. The van der Waals surface area contributed by atoms with Crippen LogP contribution in [0.2, 0.25) is 0 Å². The second-order valence-electron chi connectivity index (χ2n) is 5.24. The van der Waals surface area contributed by atoms with Gasteiger partial charge in [0.25, 0.3) is 0 Å². The van der Waals surface area contributed by atoms with Gasteiger partial charge >= 0.3 is 6.03 Å². The molecule has 0 radical (unpaired) electrons. The van der Waals surface area contributed by atoms with Gasteiger partial charge in [-0.1, -0.05) is 6.07 Å². The first-order chi connectivity index (χ1) is 10.1. The zero-order chi connectivity index (χ0) is 15.4. The van der Waals surface area contributed by atoms with Crippen LogP contribution in [0.25, 0.3) is 0 Å². The highest BCUT2D eigenvalue weighted by Crippen LogP contribution is 2.23. The molecule has 1 fully saturated rings. The van der Waals surface area contributed by atoms with Gasteiger partial charge in [0.2, 0.25) is 0 Å². The molecule has 2 rings (SSSR count). The molecule has 2 atom stereocenters. The quantitative estimate of drug-likeness (QED) is 0.894. The maximum absolute atomic E-state index is 13.4. The van der Waals surface area contributed by atoms with E-state index in [0.29, 0.717) is 6.54 Å². The summed E-state index contributed by atoms with van der Waals surface area (Å²) in [7, 11) is 1.40. The lowest BCUT2D eigenvalue weighted by atomic mass is 10.1. The number of carbonyl (C=O) groups excluding carboxylic acids is 1. The Morgan fingerprint density at radius 3 is 3.05 bits per heavy atom. The molecule has 1 heterocycles. The smallest absolute Gasteiger partial charge is 0.318 e. The Morgan fingerprint density at radius 1 is 1.62 bits per heavy atom. The van der Waals surface area contributed by atoms with Gasteiger partial charge in [-0.05, 0) is 37.5 Å². The van der Waals surface area contributed by atoms with Gasteiger partial charge in [-0.25, -0.2) is 9.18 Å². The van der Waals surface area contributed by atoms with Gasteiger partial charge in [0, 0.05) is 6.54 Å². The molecule has 1 aliphatic rings. The number of hydrogen-bond donors (Lipinski definition) is 2. The fourth-order valence-corrected chi connectivity index (χ4v) is 2.59. The van der Waals surface area contributed by atoms with E-state index in [-0.39, 0.29) is 30.5 Å². The van der Waals surface area contributed by atoms with E-state index in [1.54, 1.807) is 17.0 Å². The highest BCUT2D eigenvalue weighted by molar-refractivity contribution is 5.75. The molecular formula is C15H21FN2O3. The molecular weight excluding hydrogens is 275 g/mol. The minimum atomic E-state index is -0.431. The minimum absolute atomic E-state index is 0.0217. The van der Waals surface area contributed by atoms with E-state index in [1.807, 2.05) is 6.92 Å². The number of benzene rings is 1. The molecule has 0 aliphatic carbocycles. The molecule has 0 aromatic heterocycles. The number of rotatable bonds is 4. The van der Waals surface area contributed by atoms with E-state index in [9.17, 15) is 14.3 Å². The Kier molecular flexibility index (Phi) is 5.01. The number of halogens is 1. The number of aliphatic hydroxyl groups is 1. The number of nitrogens with one attached hydrogen (secondary N) is 1. The van der Waals surface area contributed by atoms with Crippen molar-refractivity contribution in [2.24, 2.45) is 0 Å². The highest BCUT2D eigenvalue weighted by Gasteiger charge is 2.28. The Balaban J connectivity index is 2.03. The normalized spacial score (nSPS) is 19.4. The monoisotopic (exact) mass is 296 g/mol. The molecule has 2 N–H and O–H groups in total. The number of methoxy groups -OCH3 is 1. The summed E-state index contributed by atoms with van der Waals surface area (Å²) in [5, 5.41) is 12.1. The molecule has 6 heteroatoms. The summed E-state index contributed by atoms with van der Waals surface area (Å²) in [5.74, 6) is -0.275. The van der Waals surface area contributed by atoms with Crippen LogP contribution >= 0.6 is 0 Å².